The van der Waals surface area contributed by atoms with Crippen LogP contribution in [-0.4, -0.2) is 41.1 Å². The maximum Gasteiger partial charge on any atom is 0.317 e. The molecule has 5 heteroatoms. The molecule has 2 amide bonds. The van der Waals surface area contributed by atoms with E-state index in [1.807, 2.05) is 4.90 Å². The summed E-state index contributed by atoms with van der Waals surface area (Å²) < 4.78 is 0. The zero-order valence-electron chi connectivity index (χ0n) is 12.8. The molecular weight excluding hydrogens is 244 g/mol. The summed E-state index contributed by atoms with van der Waals surface area (Å²) in [6.07, 6.45) is 1.82. The van der Waals surface area contributed by atoms with E-state index in [-0.39, 0.29) is 18.6 Å². The van der Waals surface area contributed by atoms with Gasteiger partial charge in [-0.2, -0.15) is 0 Å². The van der Waals surface area contributed by atoms with Crippen molar-refractivity contribution in [1.82, 2.24) is 10.2 Å². The van der Waals surface area contributed by atoms with Crippen LogP contribution < -0.4 is 5.32 Å². The molecule has 1 unspecified atom stereocenters. The van der Waals surface area contributed by atoms with Gasteiger partial charge in [-0.15, -0.1) is 0 Å². The van der Waals surface area contributed by atoms with Crippen LogP contribution in [0.1, 0.15) is 47.5 Å². The van der Waals surface area contributed by atoms with Gasteiger partial charge in [-0.1, -0.05) is 34.6 Å². The van der Waals surface area contributed by atoms with Crippen LogP contribution in [0.25, 0.3) is 0 Å². The lowest BCUT2D eigenvalue weighted by atomic mass is 10.1. The Hall–Kier alpha value is -1.26. The fraction of sp³-hybridized carbons (Fsp3) is 0.857. The summed E-state index contributed by atoms with van der Waals surface area (Å²) in [5.41, 5.74) is 0. The van der Waals surface area contributed by atoms with Gasteiger partial charge in [0.05, 0.1) is 5.92 Å². The second-order valence-corrected chi connectivity index (χ2v) is 5.44. The van der Waals surface area contributed by atoms with E-state index in [4.69, 9.17) is 5.11 Å². The molecule has 112 valence electrons. The number of nitrogens with zero attached hydrogens (tertiary/aromatic N) is 1. The van der Waals surface area contributed by atoms with E-state index < -0.39 is 11.9 Å². The Morgan fingerprint density at radius 1 is 1.16 bits per heavy atom. The van der Waals surface area contributed by atoms with Gasteiger partial charge in [-0.3, -0.25) is 4.79 Å². The number of urea groups is 1. The lowest BCUT2D eigenvalue weighted by Gasteiger charge is -2.32. The fourth-order valence-electron chi connectivity index (χ4n) is 1.95. The van der Waals surface area contributed by atoms with Crippen molar-refractivity contribution in [2.75, 3.05) is 13.1 Å². The maximum atomic E-state index is 12.2. The van der Waals surface area contributed by atoms with E-state index in [2.05, 4.69) is 33.0 Å². The number of amides is 2. The molecule has 0 rings (SSSR count). The third-order valence-electron chi connectivity index (χ3n) is 3.19. The molecule has 0 aromatic carbocycles. The average Bonchev–Trinajstić information content (AvgIpc) is 2.35. The molecule has 2 N–H and O–H groups in total. The number of carboxylic acid groups (broad SMARTS) is 1. The fourth-order valence-corrected chi connectivity index (χ4v) is 1.95. The minimum Gasteiger partial charge on any atom is -0.481 e. The Bertz CT molecular complexity index is 288. The number of carbonyl (C=O) groups is 2. The monoisotopic (exact) mass is 272 g/mol. The summed E-state index contributed by atoms with van der Waals surface area (Å²) in [5, 5.41) is 11.5. The first-order valence-electron chi connectivity index (χ1n) is 7.10. The smallest absolute Gasteiger partial charge is 0.317 e. The number of hydrogen-bond acceptors (Lipinski definition) is 2. The van der Waals surface area contributed by atoms with E-state index in [1.165, 1.54) is 0 Å². The molecule has 19 heavy (non-hydrogen) atoms. The number of nitrogens with one attached hydrogen (secondary N) is 1. The molecule has 0 aromatic rings. The molecule has 1 atom stereocenters. The van der Waals surface area contributed by atoms with Gasteiger partial charge in [0, 0.05) is 19.1 Å². The Morgan fingerprint density at radius 2 is 1.68 bits per heavy atom. The molecular formula is C14H28N2O3. The molecule has 0 aliphatic rings. The van der Waals surface area contributed by atoms with Gasteiger partial charge >= 0.3 is 12.0 Å². The molecule has 5 nitrogen and oxygen atoms in total. The van der Waals surface area contributed by atoms with Crippen molar-refractivity contribution in [3.63, 3.8) is 0 Å². The second-order valence-electron chi connectivity index (χ2n) is 5.44. The summed E-state index contributed by atoms with van der Waals surface area (Å²) >= 11 is 0. The highest BCUT2D eigenvalue weighted by molar-refractivity contribution is 5.76. The Balaban J connectivity index is 4.58. The van der Waals surface area contributed by atoms with Gasteiger partial charge in [-0.05, 0) is 18.8 Å². The normalized spacial score (nSPS) is 12.6. The molecule has 0 aliphatic heterocycles. The van der Waals surface area contributed by atoms with Crippen LogP contribution >= 0.6 is 0 Å². The number of hydrogen-bond donors (Lipinski definition) is 2. The number of carbonyl (C=O) groups excluding carboxylic acids is 1. The largest absolute Gasteiger partial charge is 0.481 e. The number of rotatable bonds is 8. The lowest BCUT2D eigenvalue weighted by molar-refractivity contribution is -0.140. The minimum absolute atomic E-state index is 0.157. The van der Waals surface area contributed by atoms with E-state index in [0.717, 1.165) is 12.8 Å². The molecule has 0 saturated carbocycles. The molecule has 0 heterocycles. The van der Waals surface area contributed by atoms with Gasteiger partial charge in [0.25, 0.3) is 0 Å². The predicted octanol–water partition coefficient (Wildman–Crippen LogP) is 2.56. The number of carboxylic acids is 1. The standard InChI is InChI=1S/C14H28N2O3/c1-6-12(7-2)16(9-10(3)4)14(19)15-8-11(5)13(17)18/h10-12H,6-9H2,1-5H3,(H,15,19)(H,17,18). The SMILES string of the molecule is CCC(CC)N(CC(C)C)C(=O)NCC(C)C(=O)O. The van der Waals surface area contributed by atoms with Gasteiger partial charge in [0.15, 0.2) is 0 Å². The highest BCUT2D eigenvalue weighted by atomic mass is 16.4. The predicted molar refractivity (Wildman–Crippen MR) is 76.1 cm³/mol. The molecule has 0 aromatic heterocycles. The third kappa shape index (κ3) is 6.45. The van der Waals surface area contributed by atoms with Crippen LogP contribution in [0, 0.1) is 11.8 Å². The summed E-state index contributed by atoms with van der Waals surface area (Å²) in [6, 6.07) is 0.0537. The topological polar surface area (TPSA) is 69.6 Å². The van der Waals surface area contributed by atoms with Gasteiger partial charge in [0.1, 0.15) is 0 Å². The van der Waals surface area contributed by atoms with Gasteiger partial charge < -0.3 is 15.3 Å². The van der Waals surface area contributed by atoms with Crippen LogP contribution in [-0.2, 0) is 4.79 Å². The van der Waals surface area contributed by atoms with Crippen LogP contribution in [0.5, 0.6) is 0 Å². The minimum atomic E-state index is -0.891. The second kappa shape index (κ2) is 8.77. The van der Waals surface area contributed by atoms with Crippen molar-refractivity contribution in [2.45, 2.75) is 53.5 Å². The van der Waals surface area contributed by atoms with Crippen molar-refractivity contribution in [3.05, 3.63) is 0 Å². The van der Waals surface area contributed by atoms with Crippen molar-refractivity contribution in [3.8, 4) is 0 Å². The summed E-state index contributed by atoms with van der Waals surface area (Å²) in [5.74, 6) is -1.06. The van der Waals surface area contributed by atoms with E-state index >= 15 is 0 Å². The first kappa shape index (κ1) is 17.7. The van der Waals surface area contributed by atoms with Crippen LogP contribution in [0.3, 0.4) is 0 Å². The van der Waals surface area contributed by atoms with E-state index in [9.17, 15) is 9.59 Å². The first-order valence-corrected chi connectivity index (χ1v) is 7.10. The van der Waals surface area contributed by atoms with Crippen molar-refractivity contribution in [1.29, 1.82) is 0 Å². The summed E-state index contributed by atoms with van der Waals surface area (Å²) in [6.45, 7) is 10.7. The van der Waals surface area contributed by atoms with Crippen molar-refractivity contribution < 1.29 is 14.7 Å². The van der Waals surface area contributed by atoms with Crippen molar-refractivity contribution in [2.24, 2.45) is 11.8 Å². The van der Waals surface area contributed by atoms with Gasteiger partial charge in [-0.25, -0.2) is 4.79 Å². The van der Waals surface area contributed by atoms with Crippen LogP contribution in [0.15, 0.2) is 0 Å². The number of aliphatic carboxylic acids is 1. The highest BCUT2D eigenvalue weighted by Gasteiger charge is 2.22. The quantitative estimate of drug-likeness (QED) is 0.713. The summed E-state index contributed by atoms with van der Waals surface area (Å²) in [4.78, 5) is 24.8. The van der Waals surface area contributed by atoms with E-state index in [0.29, 0.717) is 12.5 Å². The third-order valence-corrected chi connectivity index (χ3v) is 3.19. The Kier molecular flexibility index (Phi) is 8.19. The average molecular weight is 272 g/mol. The zero-order chi connectivity index (χ0) is 15.0. The molecule has 0 bridgehead atoms. The van der Waals surface area contributed by atoms with E-state index in [1.54, 1.807) is 6.92 Å². The Labute approximate surface area is 116 Å². The highest BCUT2D eigenvalue weighted by Crippen LogP contribution is 2.11. The molecule has 0 spiro atoms. The van der Waals surface area contributed by atoms with Crippen LogP contribution in [0.4, 0.5) is 4.79 Å². The molecule has 0 radical (unpaired) electrons. The first-order chi connectivity index (χ1) is 8.83. The van der Waals surface area contributed by atoms with Gasteiger partial charge in [0.2, 0.25) is 0 Å². The van der Waals surface area contributed by atoms with Crippen molar-refractivity contribution >= 4 is 12.0 Å². The zero-order valence-corrected chi connectivity index (χ0v) is 12.8. The molecule has 0 aliphatic carbocycles. The lowest BCUT2D eigenvalue weighted by Crippen LogP contribution is -2.48. The van der Waals surface area contributed by atoms with Crippen LogP contribution in [0.2, 0.25) is 0 Å². The molecule has 0 saturated heterocycles. The summed E-state index contributed by atoms with van der Waals surface area (Å²) in [7, 11) is 0. The maximum absolute atomic E-state index is 12.2. The Morgan fingerprint density at radius 3 is 2.05 bits per heavy atom. The molecule has 0 fully saturated rings.